The number of esters is 1. The molecule has 0 heterocycles. The van der Waals surface area contributed by atoms with Crippen LogP contribution in [0.1, 0.15) is 425 Å². The van der Waals surface area contributed by atoms with Gasteiger partial charge in [-0.1, -0.05) is 392 Å². The maximum Gasteiger partial charge on any atom is 0.305 e. The fourth-order valence-electron chi connectivity index (χ4n) is 11.9. The number of ether oxygens (including phenoxy) is 1. The largest absolute Gasteiger partial charge is 0.466 e. The van der Waals surface area contributed by atoms with E-state index in [1.807, 2.05) is 6.08 Å². The predicted octanol–water partition coefficient (Wildman–Crippen LogP) is 23.9. The van der Waals surface area contributed by atoms with E-state index in [9.17, 15) is 19.8 Å². The lowest BCUT2D eigenvalue weighted by molar-refractivity contribution is -0.143. The number of hydrogen-bond donors (Lipinski definition) is 3. The van der Waals surface area contributed by atoms with Crippen LogP contribution in [0.15, 0.2) is 12.2 Å². The Morgan fingerprint density at radius 3 is 0.850 bits per heavy atom. The minimum atomic E-state index is -0.837. The Balaban J connectivity index is 3.25. The Hall–Kier alpha value is -1.40. The summed E-state index contributed by atoms with van der Waals surface area (Å²) in [5.74, 6) is -0.0349. The number of aliphatic hydroxyl groups is 2. The molecule has 0 aromatic carbocycles. The topological polar surface area (TPSA) is 95.9 Å². The van der Waals surface area contributed by atoms with E-state index in [2.05, 4.69) is 19.2 Å². The van der Waals surface area contributed by atoms with Crippen LogP contribution in [0.3, 0.4) is 0 Å². The van der Waals surface area contributed by atoms with Gasteiger partial charge >= 0.3 is 5.97 Å². The van der Waals surface area contributed by atoms with Crippen molar-refractivity contribution in [1.82, 2.24) is 5.32 Å². The number of unbranched alkanes of at least 4 members (excludes halogenated alkanes) is 59. The fourth-order valence-corrected chi connectivity index (χ4v) is 11.9. The van der Waals surface area contributed by atoms with Crippen molar-refractivity contribution < 1.29 is 24.5 Å². The summed E-state index contributed by atoms with van der Waals surface area (Å²) in [5, 5.41) is 23.0. The van der Waals surface area contributed by atoms with Crippen LogP contribution in [0, 0.1) is 0 Å². The molecule has 0 aliphatic heterocycles. The van der Waals surface area contributed by atoms with Gasteiger partial charge in [-0.15, -0.1) is 0 Å². The smallest absolute Gasteiger partial charge is 0.305 e. The van der Waals surface area contributed by atoms with Crippen molar-refractivity contribution in [1.29, 1.82) is 0 Å². The summed E-state index contributed by atoms with van der Waals surface area (Å²) in [6, 6.07) is -0.620. The van der Waals surface area contributed by atoms with E-state index in [-0.39, 0.29) is 18.5 Å². The van der Waals surface area contributed by atoms with Crippen molar-refractivity contribution in [3.05, 3.63) is 12.2 Å². The molecule has 6 heteroatoms. The maximum absolute atomic E-state index is 12.4. The first-order valence-electron chi connectivity index (χ1n) is 37.0. The Labute approximate surface area is 501 Å². The van der Waals surface area contributed by atoms with E-state index in [4.69, 9.17) is 4.74 Å². The summed E-state index contributed by atoms with van der Waals surface area (Å²) in [4.78, 5) is 24.5. The zero-order chi connectivity index (χ0) is 57.8. The molecular formula is C74H145NO5. The van der Waals surface area contributed by atoms with Gasteiger partial charge in [0.2, 0.25) is 5.91 Å². The molecule has 0 rings (SSSR count). The van der Waals surface area contributed by atoms with Crippen LogP contribution in [-0.2, 0) is 14.3 Å². The Morgan fingerprint density at radius 2 is 0.575 bits per heavy atom. The van der Waals surface area contributed by atoms with Crippen LogP contribution in [0.5, 0.6) is 0 Å². The molecule has 0 bridgehead atoms. The number of carbonyl (C=O) groups is 2. The average Bonchev–Trinajstić information content (AvgIpc) is 3.46. The normalized spacial score (nSPS) is 12.5. The van der Waals surface area contributed by atoms with Crippen LogP contribution in [0.25, 0.3) is 0 Å². The van der Waals surface area contributed by atoms with Crippen LogP contribution < -0.4 is 5.32 Å². The van der Waals surface area contributed by atoms with Gasteiger partial charge < -0.3 is 20.3 Å². The van der Waals surface area contributed by atoms with Gasteiger partial charge in [0, 0.05) is 12.8 Å². The lowest BCUT2D eigenvalue weighted by Crippen LogP contribution is -2.45. The van der Waals surface area contributed by atoms with Crippen LogP contribution in [0.2, 0.25) is 0 Å². The van der Waals surface area contributed by atoms with E-state index in [0.29, 0.717) is 19.4 Å². The van der Waals surface area contributed by atoms with Crippen molar-refractivity contribution in [2.75, 3.05) is 13.2 Å². The van der Waals surface area contributed by atoms with Gasteiger partial charge in [-0.25, -0.2) is 0 Å². The Morgan fingerprint density at radius 1 is 0.338 bits per heavy atom. The lowest BCUT2D eigenvalue weighted by Gasteiger charge is -2.20. The second-order valence-electron chi connectivity index (χ2n) is 25.6. The molecule has 0 aliphatic rings. The third-order valence-electron chi connectivity index (χ3n) is 17.6. The number of allylic oxidation sites excluding steroid dienone is 1. The minimum Gasteiger partial charge on any atom is -0.466 e. The first-order chi connectivity index (χ1) is 39.5. The summed E-state index contributed by atoms with van der Waals surface area (Å²) in [6.45, 7) is 4.92. The molecule has 2 unspecified atom stereocenters. The monoisotopic (exact) mass is 1130 g/mol. The number of rotatable bonds is 70. The van der Waals surface area contributed by atoms with E-state index in [0.717, 1.165) is 38.5 Å². The van der Waals surface area contributed by atoms with Crippen LogP contribution >= 0.6 is 0 Å². The van der Waals surface area contributed by atoms with Gasteiger partial charge in [0.1, 0.15) is 0 Å². The standard InChI is InChI=1S/C74H145NO5/c1-3-5-7-9-11-13-14-15-41-45-48-52-56-60-64-68-74(79)80-69-65-61-57-53-49-46-43-40-38-36-34-32-30-28-26-24-22-20-18-16-17-19-21-23-25-27-29-31-33-35-37-39-42-44-47-51-55-59-63-67-73(78)75-71(70-76)72(77)66-62-58-54-50-12-10-8-6-4-2/h62,66,71-72,76-77H,3-61,63-65,67-70H2,1-2H3,(H,75,78)/b66-62+. The van der Waals surface area contributed by atoms with E-state index in [1.165, 1.54) is 360 Å². The molecular weight excluding hydrogens is 983 g/mol. The summed E-state index contributed by atoms with van der Waals surface area (Å²) >= 11 is 0. The highest BCUT2D eigenvalue weighted by Crippen LogP contribution is 2.20. The summed E-state index contributed by atoms with van der Waals surface area (Å²) < 4.78 is 5.51. The summed E-state index contributed by atoms with van der Waals surface area (Å²) in [7, 11) is 0. The highest BCUT2D eigenvalue weighted by Gasteiger charge is 2.18. The fraction of sp³-hybridized carbons (Fsp3) is 0.946. The summed E-state index contributed by atoms with van der Waals surface area (Å²) in [6.07, 6.45) is 87.8. The molecule has 476 valence electrons. The molecule has 6 nitrogen and oxygen atoms in total. The Kier molecular flexibility index (Phi) is 68.9. The second-order valence-corrected chi connectivity index (χ2v) is 25.6. The molecule has 0 aromatic heterocycles. The molecule has 2 atom stereocenters. The first-order valence-corrected chi connectivity index (χ1v) is 37.0. The number of amides is 1. The second kappa shape index (κ2) is 70.1. The molecule has 0 aromatic rings. The molecule has 0 saturated heterocycles. The zero-order valence-corrected chi connectivity index (χ0v) is 54.6. The molecule has 0 fully saturated rings. The number of carbonyl (C=O) groups excluding carboxylic acids is 2. The van der Waals surface area contributed by atoms with Crippen LogP contribution in [0.4, 0.5) is 0 Å². The van der Waals surface area contributed by atoms with Crippen molar-refractivity contribution in [3.63, 3.8) is 0 Å². The molecule has 0 radical (unpaired) electrons. The molecule has 0 saturated carbocycles. The van der Waals surface area contributed by atoms with Gasteiger partial charge in [0.05, 0.1) is 25.4 Å². The lowest BCUT2D eigenvalue weighted by atomic mass is 10.0. The number of aliphatic hydroxyl groups excluding tert-OH is 2. The van der Waals surface area contributed by atoms with E-state index in [1.54, 1.807) is 6.08 Å². The number of hydrogen-bond acceptors (Lipinski definition) is 5. The van der Waals surface area contributed by atoms with Crippen molar-refractivity contribution in [3.8, 4) is 0 Å². The highest BCUT2D eigenvalue weighted by molar-refractivity contribution is 5.76. The molecule has 3 N–H and O–H groups in total. The molecule has 0 spiro atoms. The SMILES string of the molecule is CCCCCCCCC/C=C/C(O)C(CO)NC(=O)CCCCCCCCCCCCCCCCCCCCCCCCCCCCCCCCCCCCCCCCCOC(=O)CCCCCCCCCCCCCCCCC. The van der Waals surface area contributed by atoms with Gasteiger partial charge in [-0.3, -0.25) is 9.59 Å². The van der Waals surface area contributed by atoms with Crippen molar-refractivity contribution in [2.24, 2.45) is 0 Å². The van der Waals surface area contributed by atoms with Gasteiger partial charge in [-0.2, -0.15) is 0 Å². The first kappa shape index (κ1) is 78.6. The highest BCUT2D eigenvalue weighted by atomic mass is 16.5. The molecule has 80 heavy (non-hydrogen) atoms. The molecule has 0 aliphatic carbocycles. The summed E-state index contributed by atoms with van der Waals surface area (Å²) in [5.41, 5.74) is 0. The minimum absolute atomic E-state index is 0.0276. The quantitative estimate of drug-likeness (QED) is 0.0320. The molecule has 1 amide bonds. The van der Waals surface area contributed by atoms with Gasteiger partial charge in [-0.05, 0) is 32.1 Å². The number of nitrogens with one attached hydrogen (secondary N) is 1. The van der Waals surface area contributed by atoms with E-state index >= 15 is 0 Å². The third kappa shape index (κ3) is 65.7. The predicted molar refractivity (Wildman–Crippen MR) is 352 cm³/mol. The Bertz CT molecular complexity index is 1210. The van der Waals surface area contributed by atoms with Gasteiger partial charge in [0.15, 0.2) is 0 Å². The maximum atomic E-state index is 12.4. The van der Waals surface area contributed by atoms with Gasteiger partial charge in [0.25, 0.3) is 0 Å². The third-order valence-corrected chi connectivity index (χ3v) is 17.6. The average molecular weight is 1130 g/mol. The van der Waals surface area contributed by atoms with Crippen LogP contribution in [-0.4, -0.2) is 47.4 Å². The zero-order valence-electron chi connectivity index (χ0n) is 54.6. The van der Waals surface area contributed by atoms with Crippen molar-refractivity contribution >= 4 is 11.9 Å². The van der Waals surface area contributed by atoms with E-state index < -0.39 is 12.1 Å². The van der Waals surface area contributed by atoms with Crippen molar-refractivity contribution in [2.45, 2.75) is 437 Å².